The number of carbonyl (C=O) groups excluding carboxylic acids is 1. The molecule has 0 N–H and O–H groups in total. The van der Waals surface area contributed by atoms with Crippen LogP contribution in [0.25, 0.3) is 0 Å². The number of carbonyl (C=O) groups is 1. The predicted molar refractivity (Wildman–Crippen MR) is 67.7 cm³/mol. The summed E-state index contributed by atoms with van der Waals surface area (Å²) in [5.74, 6) is -0.250. The minimum Gasteiger partial charge on any atom is -0.460 e. The van der Waals surface area contributed by atoms with Gasteiger partial charge in [0.15, 0.2) is 0 Å². The monoisotopic (exact) mass is 270 g/mol. The lowest BCUT2D eigenvalue weighted by Crippen LogP contribution is -2.16. The molecule has 0 atom stereocenters. The summed E-state index contributed by atoms with van der Waals surface area (Å²) in [7, 11) is 0. The molecular weight excluding hydrogens is 259 g/mol. The molecule has 0 heterocycles. The third-order valence-electron chi connectivity index (χ3n) is 2.79. The van der Waals surface area contributed by atoms with Gasteiger partial charge in [0.1, 0.15) is 11.1 Å². The van der Waals surface area contributed by atoms with E-state index in [0.717, 1.165) is 18.4 Å². The van der Waals surface area contributed by atoms with Gasteiger partial charge in [0, 0.05) is 0 Å². The van der Waals surface area contributed by atoms with Crippen LogP contribution in [0.3, 0.4) is 0 Å². The third-order valence-corrected chi connectivity index (χ3v) is 3.01. The summed E-state index contributed by atoms with van der Waals surface area (Å²) in [6.45, 7) is 0.287. The normalized spacial score (nSPS) is 16.1. The quantitative estimate of drug-likeness (QED) is 0.778. The van der Waals surface area contributed by atoms with Crippen molar-refractivity contribution in [3.8, 4) is 0 Å². The molecule has 1 aromatic rings. The highest BCUT2D eigenvalue weighted by Crippen LogP contribution is 2.49. The zero-order valence-electron chi connectivity index (χ0n) is 9.16. The Labute approximate surface area is 110 Å². The van der Waals surface area contributed by atoms with Crippen LogP contribution in [0.1, 0.15) is 18.4 Å². The van der Waals surface area contributed by atoms with Gasteiger partial charge in [0.2, 0.25) is 0 Å². The first kappa shape index (κ1) is 12.5. The van der Waals surface area contributed by atoms with E-state index in [-0.39, 0.29) is 17.1 Å². The number of hydrogen-bond donors (Lipinski definition) is 0. The molecule has 4 heteroatoms. The van der Waals surface area contributed by atoms with E-state index in [0.29, 0.717) is 0 Å². The first-order chi connectivity index (χ1) is 8.12. The van der Waals surface area contributed by atoms with Gasteiger partial charge in [-0.05, 0) is 24.5 Å². The van der Waals surface area contributed by atoms with Crippen LogP contribution in [0.5, 0.6) is 0 Å². The van der Waals surface area contributed by atoms with Crippen LogP contribution in [0, 0.1) is 5.41 Å². The fraction of sp³-hybridized carbons (Fsp3) is 0.308. The Balaban J connectivity index is 1.93. The molecule has 2 rings (SSSR count). The second kappa shape index (κ2) is 5.11. The molecule has 90 valence electrons. The van der Waals surface area contributed by atoms with Crippen molar-refractivity contribution in [2.24, 2.45) is 5.41 Å². The maximum atomic E-state index is 11.9. The number of rotatable bonds is 4. The number of halogens is 2. The molecule has 17 heavy (non-hydrogen) atoms. The van der Waals surface area contributed by atoms with Gasteiger partial charge >= 0.3 is 5.97 Å². The van der Waals surface area contributed by atoms with E-state index < -0.39 is 5.41 Å². The van der Waals surface area contributed by atoms with Crippen molar-refractivity contribution >= 4 is 29.2 Å². The average molecular weight is 271 g/mol. The van der Waals surface area contributed by atoms with Crippen LogP contribution < -0.4 is 0 Å². The minimum atomic E-state index is -0.576. The number of benzene rings is 1. The molecule has 1 aromatic carbocycles. The first-order valence-electron chi connectivity index (χ1n) is 5.37. The fourth-order valence-electron chi connectivity index (χ4n) is 1.62. The van der Waals surface area contributed by atoms with Gasteiger partial charge in [0.25, 0.3) is 0 Å². The van der Waals surface area contributed by atoms with Gasteiger partial charge in [0.05, 0.1) is 5.41 Å². The number of esters is 1. The van der Waals surface area contributed by atoms with Crippen molar-refractivity contribution in [1.82, 2.24) is 0 Å². The molecular formula is C13H12Cl2O2. The van der Waals surface area contributed by atoms with E-state index >= 15 is 0 Å². The van der Waals surface area contributed by atoms with Gasteiger partial charge in [-0.1, -0.05) is 53.5 Å². The highest BCUT2D eigenvalue weighted by atomic mass is 35.5. The lowest BCUT2D eigenvalue weighted by Gasteiger charge is -2.10. The highest BCUT2D eigenvalue weighted by molar-refractivity contribution is 6.56. The standard InChI is InChI=1S/C13H12Cl2O2/c14-11(15)8-13(6-7-13)12(16)17-9-10-4-2-1-3-5-10/h1-5,8H,6-7,9H2. The molecule has 1 saturated carbocycles. The molecule has 0 spiro atoms. The zero-order valence-corrected chi connectivity index (χ0v) is 10.7. The summed E-state index contributed by atoms with van der Waals surface area (Å²) in [5, 5.41) is 0. The Morgan fingerprint density at radius 2 is 1.94 bits per heavy atom. The summed E-state index contributed by atoms with van der Waals surface area (Å²) < 4.78 is 5.38. The Hall–Kier alpha value is -0.990. The molecule has 0 radical (unpaired) electrons. The predicted octanol–water partition coefficient (Wildman–Crippen LogP) is 3.83. The van der Waals surface area contributed by atoms with Gasteiger partial charge in [-0.15, -0.1) is 0 Å². The molecule has 0 unspecified atom stereocenters. The molecule has 0 amide bonds. The van der Waals surface area contributed by atoms with E-state index in [2.05, 4.69) is 0 Å². The Kier molecular flexibility index (Phi) is 3.75. The van der Waals surface area contributed by atoms with Crippen molar-refractivity contribution in [2.75, 3.05) is 0 Å². The summed E-state index contributed by atoms with van der Waals surface area (Å²) in [6.07, 6.45) is 3.08. The van der Waals surface area contributed by atoms with Gasteiger partial charge in [-0.25, -0.2) is 0 Å². The molecule has 1 aliphatic rings. The fourth-order valence-corrected chi connectivity index (χ4v) is 2.04. The van der Waals surface area contributed by atoms with Crippen LogP contribution in [-0.2, 0) is 16.1 Å². The van der Waals surface area contributed by atoms with E-state index in [9.17, 15) is 4.79 Å². The largest absolute Gasteiger partial charge is 0.460 e. The summed E-state index contributed by atoms with van der Waals surface area (Å²) in [6, 6.07) is 9.56. The van der Waals surface area contributed by atoms with Crippen molar-refractivity contribution in [3.63, 3.8) is 0 Å². The van der Waals surface area contributed by atoms with Crippen molar-refractivity contribution < 1.29 is 9.53 Å². The van der Waals surface area contributed by atoms with Crippen molar-refractivity contribution in [3.05, 3.63) is 46.5 Å². The van der Waals surface area contributed by atoms with E-state index in [1.165, 1.54) is 0 Å². The lowest BCUT2D eigenvalue weighted by molar-refractivity contribution is -0.149. The van der Waals surface area contributed by atoms with Crippen LogP contribution in [0.2, 0.25) is 0 Å². The second-order valence-corrected chi connectivity index (χ2v) is 5.16. The number of hydrogen-bond acceptors (Lipinski definition) is 2. The van der Waals surface area contributed by atoms with E-state index in [4.69, 9.17) is 27.9 Å². The van der Waals surface area contributed by atoms with E-state index in [1.807, 2.05) is 30.3 Å². The number of ether oxygens (including phenoxy) is 1. The molecule has 0 aliphatic heterocycles. The minimum absolute atomic E-state index is 0.124. The molecule has 0 saturated heterocycles. The van der Waals surface area contributed by atoms with Crippen LogP contribution in [0.4, 0.5) is 0 Å². The third kappa shape index (κ3) is 3.24. The molecule has 1 fully saturated rings. The van der Waals surface area contributed by atoms with Gasteiger partial charge < -0.3 is 4.74 Å². The van der Waals surface area contributed by atoms with Gasteiger partial charge in [-0.3, -0.25) is 4.79 Å². The maximum absolute atomic E-state index is 11.9. The van der Waals surface area contributed by atoms with Crippen LogP contribution >= 0.6 is 23.2 Å². The van der Waals surface area contributed by atoms with Crippen molar-refractivity contribution in [1.29, 1.82) is 0 Å². The zero-order chi connectivity index (χ0) is 12.3. The van der Waals surface area contributed by atoms with Crippen LogP contribution in [-0.4, -0.2) is 5.97 Å². The smallest absolute Gasteiger partial charge is 0.316 e. The SMILES string of the molecule is O=C(OCc1ccccc1)C1(C=C(Cl)Cl)CC1. The van der Waals surface area contributed by atoms with E-state index in [1.54, 1.807) is 6.08 Å². The summed E-state index contributed by atoms with van der Waals surface area (Å²) >= 11 is 11.2. The van der Waals surface area contributed by atoms with Gasteiger partial charge in [-0.2, -0.15) is 0 Å². The Morgan fingerprint density at radius 1 is 1.29 bits per heavy atom. The summed E-state index contributed by atoms with van der Waals surface area (Å²) in [5.41, 5.74) is 0.394. The second-order valence-electron chi connectivity index (χ2n) is 4.15. The molecule has 2 nitrogen and oxygen atoms in total. The first-order valence-corrected chi connectivity index (χ1v) is 6.13. The van der Waals surface area contributed by atoms with Crippen LogP contribution in [0.15, 0.2) is 40.9 Å². The Morgan fingerprint density at radius 3 is 2.47 bits per heavy atom. The lowest BCUT2D eigenvalue weighted by atomic mass is 10.1. The average Bonchev–Trinajstić information content (AvgIpc) is 3.07. The Bertz CT molecular complexity index is 432. The molecule has 0 aromatic heterocycles. The molecule has 1 aliphatic carbocycles. The maximum Gasteiger partial charge on any atom is 0.316 e. The molecule has 0 bridgehead atoms. The highest BCUT2D eigenvalue weighted by Gasteiger charge is 2.49. The topological polar surface area (TPSA) is 26.3 Å². The summed E-state index contributed by atoms with van der Waals surface area (Å²) in [4.78, 5) is 11.9. The van der Waals surface area contributed by atoms with Crippen molar-refractivity contribution in [2.45, 2.75) is 19.4 Å².